The molecule has 0 saturated carbocycles. The fourth-order valence-electron chi connectivity index (χ4n) is 2.53. The van der Waals surface area contributed by atoms with Gasteiger partial charge in [-0.2, -0.15) is 5.10 Å². The number of ether oxygens (including phenoxy) is 1. The smallest absolute Gasteiger partial charge is 0.310 e. The molecule has 0 unspecified atom stereocenters. The molecule has 6 heteroatoms. The Morgan fingerprint density at radius 1 is 1.35 bits per heavy atom. The molecule has 1 aromatic carbocycles. The van der Waals surface area contributed by atoms with E-state index in [9.17, 15) is 9.59 Å². The molecule has 0 fully saturated rings. The second-order valence-electron chi connectivity index (χ2n) is 5.87. The number of rotatable bonds is 5. The van der Waals surface area contributed by atoms with Crippen LogP contribution in [0.1, 0.15) is 30.6 Å². The minimum Gasteiger partial charge on any atom is -0.469 e. The normalized spacial score (nSPS) is 15.1. The van der Waals surface area contributed by atoms with Gasteiger partial charge in [0.2, 0.25) is 0 Å². The molecular formula is C17H23N3O3. The number of benzene rings is 1. The van der Waals surface area contributed by atoms with E-state index in [1.807, 2.05) is 24.1 Å². The van der Waals surface area contributed by atoms with Crippen LogP contribution in [0.4, 0.5) is 5.69 Å². The minimum absolute atomic E-state index is 0.117. The second-order valence-corrected chi connectivity index (χ2v) is 5.87. The third kappa shape index (κ3) is 4.09. The zero-order valence-electron chi connectivity index (χ0n) is 14.1. The topological polar surface area (TPSA) is 62.2 Å². The molecule has 0 radical (unpaired) electrons. The lowest BCUT2D eigenvalue weighted by Crippen LogP contribution is -2.34. The van der Waals surface area contributed by atoms with Gasteiger partial charge in [-0.05, 0) is 31.2 Å². The van der Waals surface area contributed by atoms with Crippen molar-refractivity contribution in [1.82, 2.24) is 4.90 Å². The molecule has 0 spiro atoms. The van der Waals surface area contributed by atoms with Gasteiger partial charge in [-0.3, -0.25) is 14.6 Å². The highest BCUT2D eigenvalue weighted by molar-refractivity contribution is 5.94. The number of hydrogen-bond donors (Lipinski definition) is 0. The van der Waals surface area contributed by atoms with Crippen molar-refractivity contribution in [1.29, 1.82) is 0 Å². The highest BCUT2D eigenvalue weighted by Crippen LogP contribution is 2.20. The summed E-state index contributed by atoms with van der Waals surface area (Å²) < 4.78 is 4.68. The van der Waals surface area contributed by atoms with Crippen LogP contribution in [0.3, 0.4) is 0 Å². The highest BCUT2D eigenvalue weighted by atomic mass is 16.5. The van der Waals surface area contributed by atoms with E-state index < -0.39 is 0 Å². The molecule has 0 N–H and O–H groups in total. The summed E-state index contributed by atoms with van der Waals surface area (Å²) in [5, 5.41) is 6.38. The van der Waals surface area contributed by atoms with Gasteiger partial charge < -0.3 is 9.64 Å². The van der Waals surface area contributed by atoms with Crippen molar-refractivity contribution in [3.8, 4) is 0 Å². The third-order valence-electron chi connectivity index (χ3n) is 3.89. The van der Waals surface area contributed by atoms with Crippen LogP contribution >= 0.6 is 0 Å². The average molecular weight is 317 g/mol. The van der Waals surface area contributed by atoms with Crippen LogP contribution in [-0.4, -0.2) is 49.7 Å². The molecule has 1 atom stereocenters. The molecule has 0 aromatic heterocycles. The Labute approximate surface area is 136 Å². The molecule has 0 bridgehead atoms. The quantitative estimate of drug-likeness (QED) is 0.781. The van der Waals surface area contributed by atoms with Crippen molar-refractivity contribution in [2.24, 2.45) is 11.0 Å². The summed E-state index contributed by atoms with van der Waals surface area (Å²) in [4.78, 5) is 25.4. The number of carbonyl (C=O) groups excluding carboxylic acids is 2. The number of esters is 1. The Kier molecular flexibility index (Phi) is 5.36. The molecule has 1 heterocycles. The van der Waals surface area contributed by atoms with E-state index in [-0.39, 0.29) is 17.8 Å². The zero-order chi connectivity index (χ0) is 17.0. The summed E-state index contributed by atoms with van der Waals surface area (Å²) >= 11 is 0. The summed E-state index contributed by atoms with van der Waals surface area (Å²) in [5.41, 5.74) is 2.68. The number of methoxy groups -OCH3 is 1. The fraction of sp³-hybridized carbons (Fsp3) is 0.471. The first-order chi connectivity index (χ1) is 10.9. The lowest BCUT2D eigenvalue weighted by atomic mass is 10.1. The summed E-state index contributed by atoms with van der Waals surface area (Å²) in [5.74, 6) is -0.786. The largest absolute Gasteiger partial charge is 0.469 e. The Bertz CT molecular complexity index is 610. The number of amides is 1. The molecule has 6 nitrogen and oxygen atoms in total. The average Bonchev–Trinajstić information content (AvgIpc) is 2.99. The van der Waals surface area contributed by atoms with E-state index in [1.165, 1.54) is 12.0 Å². The maximum atomic E-state index is 12.4. The number of hydrogen-bond acceptors (Lipinski definition) is 5. The van der Waals surface area contributed by atoms with Crippen LogP contribution < -0.4 is 5.01 Å². The van der Waals surface area contributed by atoms with Gasteiger partial charge in [0.15, 0.2) is 0 Å². The first-order valence-electron chi connectivity index (χ1n) is 7.67. The molecule has 2 rings (SSSR count). The van der Waals surface area contributed by atoms with Crippen LogP contribution in [0.5, 0.6) is 0 Å². The number of nitrogens with zero attached hydrogens (tertiary/aromatic N) is 3. The molecule has 1 aliphatic rings. The predicted molar refractivity (Wildman–Crippen MR) is 89.7 cm³/mol. The third-order valence-corrected chi connectivity index (χ3v) is 3.89. The fourth-order valence-corrected chi connectivity index (χ4v) is 2.53. The maximum Gasteiger partial charge on any atom is 0.310 e. The minimum atomic E-state index is -0.352. The van der Waals surface area contributed by atoms with Gasteiger partial charge in [0.25, 0.3) is 5.91 Å². The van der Waals surface area contributed by atoms with E-state index in [1.54, 1.807) is 26.1 Å². The van der Waals surface area contributed by atoms with Crippen molar-refractivity contribution in [2.45, 2.75) is 20.3 Å². The summed E-state index contributed by atoms with van der Waals surface area (Å²) in [6.07, 6.45) is 0.967. The summed E-state index contributed by atoms with van der Waals surface area (Å²) in [7, 11) is 3.03. The van der Waals surface area contributed by atoms with E-state index >= 15 is 0 Å². The lowest BCUT2D eigenvalue weighted by Gasteiger charge is -2.21. The van der Waals surface area contributed by atoms with Crippen LogP contribution in [0.15, 0.2) is 29.4 Å². The predicted octanol–water partition coefficient (Wildman–Crippen LogP) is 2.15. The molecule has 0 saturated heterocycles. The van der Waals surface area contributed by atoms with Crippen molar-refractivity contribution in [2.75, 3.05) is 32.3 Å². The standard InChI is InChI=1S/C17H23N3O3/c1-12(17(22)23-4)11-19(3)16(21)14-5-7-15(8-6-14)20-10-9-13(2)18-20/h5-8,12H,9-11H2,1-4H3/t12-/m0/s1. The maximum absolute atomic E-state index is 12.4. The number of hydrazone groups is 1. The highest BCUT2D eigenvalue weighted by Gasteiger charge is 2.20. The van der Waals surface area contributed by atoms with Gasteiger partial charge in [-0.25, -0.2) is 0 Å². The van der Waals surface area contributed by atoms with Crippen molar-refractivity contribution in [3.05, 3.63) is 29.8 Å². The lowest BCUT2D eigenvalue weighted by molar-refractivity contribution is -0.145. The molecule has 23 heavy (non-hydrogen) atoms. The number of anilines is 1. The second kappa shape index (κ2) is 7.26. The van der Waals surface area contributed by atoms with Gasteiger partial charge in [-0.1, -0.05) is 6.92 Å². The summed E-state index contributed by atoms with van der Waals surface area (Å²) in [6.45, 7) is 4.94. The van der Waals surface area contributed by atoms with E-state index in [0.717, 1.165) is 24.4 Å². The van der Waals surface area contributed by atoms with E-state index in [0.29, 0.717) is 12.1 Å². The monoisotopic (exact) mass is 317 g/mol. The Morgan fingerprint density at radius 2 is 2.00 bits per heavy atom. The molecule has 0 aliphatic carbocycles. The molecule has 1 aromatic rings. The van der Waals surface area contributed by atoms with Crippen molar-refractivity contribution in [3.63, 3.8) is 0 Å². The zero-order valence-corrected chi connectivity index (χ0v) is 14.1. The van der Waals surface area contributed by atoms with E-state index in [2.05, 4.69) is 9.84 Å². The van der Waals surface area contributed by atoms with E-state index in [4.69, 9.17) is 0 Å². The molecule has 1 amide bonds. The number of carbonyl (C=O) groups is 2. The van der Waals surface area contributed by atoms with Gasteiger partial charge >= 0.3 is 5.97 Å². The van der Waals surface area contributed by atoms with Crippen LogP contribution in [-0.2, 0) is 9.53 Å². The molecule has 124 valence electrons. The SMILES string of the molecule is COC(=O)[C@@H](C)CN(C)C(=O)c1ccc(N2CCC(C)=N2)cc1. The van der Waals surface area contributed by atoms with Gasteiger partial charge in [0, 0.05) is 37.8 Å². The van der Waals surface area contributed by atoms with Gasteiger partial charge in [0.05, 0.1) is 18.7 Å². The first kappa shape index (κ1) is 17.0. The van der Waals surface area contributed by atoms with Crippen molar-refractivity contribution >= 4 is 23.3 Å². The Hall–Kier alpha value is -2.37. The van der Waals surface area contributed by atoms with Gasteiger partial charge in [0.1, 0.15) is 0 Å². The first-order valence-corrected chi connectivity index (χ1v) is 7.67. The Morgan fingerprint density at radius 3 is 2.52 bits per heavy atom. The van der Waals surface area contributed by atoms with Crippen molar-refractivity contribution < 1.29 is 14.3 Å². The van der Waals surface area contributed by atoms with Crippen LogP contribution in [0, 0.1) is 5.92 Å². The van der Waals surface area contributed by atoms with Crippen LogP contribution in [0.25, 0.3) is 0 Å². The molecule has 1 aliphatic heterocycles. The summed E-state index contributed by atoms with van der Waals surface area (Å²) in [6, 6.07) is 7.38. The Balaban J connectivity index is 2.01. The van der Waals surface area contributed by atoms with Crippen LogP contribution in [0.2, 0.25) is 0 Å². The molecular weight excluding hydrogens is 294 g/mol. The van der Waals surface area contributed by atoms with Gasteiger partial charge in [-0.15, -0.1) is 0 Å².